The second kappa shape index (κ2) is 6.23. The summed E-state index contributed by atoms with van der Waals surface area (Å²) >= 11 is 3.27. The molecule has 1 aromatic carbocycles. The second-order valence-corrected chi connectivity index (χ2v) is 5.42. The van der Waals surface area contributed by atoms with Crippen LogP contribution in [0.4, 0.5) is 10.5 Å². The number of benzene rings is 1. The van der Waals surface area contributed by atoms with E-state index in [1.54, 1.807) is 6.07 Å². The topological polar surface area (TPSA) is 87.7 Å². The molecular formula is C13H15BrN2O4. The zero-order valence-corrected chi connectivity index (χ0v) is 12.4. The van der Waals surface area contributed by atoms with Crippen LogP contribution in [0.15, 0.2) is 22.7 Å². The Morgan fingerprint density at radius 1 is 1.45 bits per heavy atom. The van der Waals surface area contributed by atoms with Gasteiger partial charge in [-0.1, -0.05) is 0 Å². The first-order valence-corrected chi connectivity index (χ1v) is 6.98. The third-order valence-electron chi connectivity index (χ3n) is 3.15. The molecule has 7 heteroatoms. The maximum Gasteiger partial charge on any atom is 0.335 e. The number of hydrogen-bond acceptors (Lipinski definition) is 3. The highest BCUT2D eigenvalue weighted by Crippen LogP contribution is 2.24. The molecule has 6 nitrogen and oxygen atoms in total. The molecule has 0 bridgehead atoms. The van der Waals surface area contributed by atoms with E-state index < -0.39 is 5.97 Å². The second-order valence-electron chi connectivity index (χ2n) is 4.57. The lowest BCUT2D eigenvalue weighted by Crippen LogP contribution is -2.41. The van der Waals surface area contributed by atoms with Crippen molar-refractivity contribution in [2.24, 2.45) is 0 Å². The molecule has 0 aliphatic carbocycles. The fourth-order valence-electron chi connectivity index (χ4n) is 2.00. The first-order valence-electron chi connectivity index (χ1n) is 6.19. The molecule has 1 saturated heterocycles. The SMILES string of the molecule is CC1OCCC1NC(=O)Nc1cc(C(=O)O)ccc1Br. The molecule has 108 valence electrons. The van der Waals surface area contributed by atoms with Crippen LogP contribution >= 0.6 is 15.9 Å². The van der Waals surface area contributed by atoms with Gasteiger partial charge in [-0.05, 0) is 47.5 Å². The number of hydrogen-bond donors (Lipinski definition) is 3. The van der Waals surface area contributed by atoms with Gasteiger partial charge in [0.2, 0.25) is 0 Å². The van der Waals surface area contributed by atoms with Crippen molar-refractivity contribution in [2.75, 3.05) is 11.9 Å². The van der Waals surface area contributed by atoms with Crippen LogP contribution in [0.5, 0.6) is 0 Å². The van der Waals surface area contributed by atoms with Gasteiger partial charge in [0.25, 0.3) is 0 Å². The Bertz CT molecular complexity index is 535. The van der Waals surface area contributed by atoms with Crippen LogP contribution in [-0.2, 0) is 4.74 Å². The van der Waals surface area contributed by atoms with Crippen LogP contribution in [0, 0.1) is 0 Å². The minimum atomic E-state index is -1.04. The van der Waals surface area contributed by atoms with E-state index in [0.29, 0.717) is 16.8 Å². The molecule has 0 saturated carbocycles. The van der Waals surface area contributed by atoms with E-state index in [9.17, 15) is 9.59 Å². The lowest BCUT2D eigenvalue weighted by molar-refractivity contribution is 0.0697. The van der Waals surface area contributed by atoms with Crippen LogP contribution in [0.2, 0.25) is 0 Å². The molecule has 1 aliphatic rings. The molecule has 0 radical (unpaired) electrons. The largest absolute Gasteiger partial charge is 0.478 e. The average Bonchev–Trinajstić information content (AvgIpc) is 2.77. The maximum absolute atomic E-state index is 11.9. The number of halogens is 1. The fraction of sp³-hybridized carbons (Fsp3) is 0.385. The highest BCUT2D eigenvalue weighted by Gasteiger charge is 2.25. The molecule has 1 aliphatic heterocycles. The molecule has 0 aromatic heterocycles. The van der Waals surface area contributed by atoms with Gasteiger partial charge >= 0.3 is 12.0 Å². The molecule has 2 amide bonds. The number of nitrogens with one attached hydrogen (secondary N) is 2. The van der Waals surface area contributed by atoms with Crippen molar-refractivity contribution in [3.63, 3.8) is 0 Å². The lowest BCUT2D eigenvalue weighted by atomic mass is 10.1. The van der Waals surface area contributed by atoms with Crippen LogP contribution < -0.4 is 10.6 Å². The maximum atomic E-state index is 11.9. The molecular weight excluding hydrogens is 328 g/mol. The Kier molecular flexibility index (Phi) is 4.61. The van der Waals surface area contributed by atoms with Crippen LogP contribution in [0.1, 0.15) is 23.7 Å². The fourth-order valence-corrected chi connectivity index (χ4v) is 2.35. The summed E-state index contributed by atoms with van der Waals surface area (Å²) in [4.78, 5) is 22.8. The van der Waals surface area contributed by atoms with Crippen molar-refractivity contribution >= 4 is 33.6 Å². The van der Waals surface area contributed by atoms with E-state index in [0.717, 1.165) is 6.42 Å². The molecule has 0 spiro atoms. The Balaban J connectivity index is 2.03. The third-order valence-corrected chi connectivity index (χ3v) is 3.85. The van der Waals surface area contributed by atoms with E-state index in [4.69, 9.17) is 9.84 Å². The Morgan fingerprint density at radius 3 is 2.80 bits per heavy atom. The summed E-state index contributed by atoms with van der Waals surface area (Å²) in [5.41, 5.74) is 0.523. The number of rotatable bonds is 3. The molecule has 20 heavy (non-hydrogen) atoms. The van der Waals surface area contributed by atoms with Gasteiger partial charge in [-0.2, -0.15) is 0 Å². The zero-order chi connectivity index (χ0) is 14.7. The minimum Gasteiger partial charge on any atom is -0.478 e. The number of carbonyl (C=O) groups excluding carboxylic acids is 1. The number of carboxylic acid groups (broad SMARTS) is 1. The van der Waals surface area contributed by atoms with Gasteiger partial charge in [0.15, 0.2) is 0 Å². The van der Waals surface area contributed by atoms with E-state index >= 15 is 0 Å². The zero-order valence-electron chi connectivity index (χ0n) is 10.9. The van der Waals surface area contributed by atoms with Gasteiger partial charge < -0.3 is 20.5 Å². The van der Waals surface area contributed by atoms with Crippen molar-refractivity contribution in [1.29, 1.82) is 0 Å². The van der Waals surface area contributed by atoms with Gasteiger partial charge in [0.1, 0.15) is 0 Å². The molecule has 2 unspecified atom stereocenters. The minimum absolute atomic E-state index is 0.0189. The lowest BCUT2D eigenvalue weighted by Gasteiger charge is -2.17. The third kappa shape index (κ3) is 3.49. The first kappa shape index (κ1) is 14.8. The number of carbonyl (C=O) groups is 2. The van der Waals surface area contributed by atoms with E-state index in [1.807, 2.05) is 6.92 Å². The Hall–Kier alpha value is -1.60. The predicted molar refractivity (Wildman–Crippen MR) is 77.1 cm³/mol. The molecule has 1 heterocycles. The highest BCUT2D eigenvalue weighted by molar-refractivity contribution is 9.10. The summed E-state index contributed by atoms with van der Waals surface area (Å²) < 4.78 is 5.98. The summed E-state index contributed by atoms with van der Waals surface area (Å²) in [5.74, 6) is -1.04. The molecule has 3 N–H and O–H groups in total. The summed E-state index contributed by atoms with van der Waals surface area (Å²) in [6.45, 7) is 2.53. The first-order chi connectivity index (χ1) is 9.47. The summed E-state index contributed by atoms with van der Waals surface area (Å²) in [6, 6.07) is 4.04. The Morgan fingerprint density at radius 2 is 2.20 bits per heavy atom. The summed E-state index contributed by atoms with van der Waals surface area (Å²) in [7, 11) is 0. The van der Waals surface area contributed by atoms with E-state index in [2.05, 4.69) is 26.6 Å². The van der Waals surface area contributed by atoms with Crippen LogP contribution in [0.25, 0.3) is 0 Å². The van der Waals surface area contributed by atoms with Gasteiger partial charge in [0, 0.05) is 11.1 Å². The number of amides is 2. The van der Waals surface area contributed by atoms with Crippen molar-refractivity contribution in [3.8, 4) is 0 Å². The molecule has 1 fully saturated rings. The van der Waals surface area contributed by atoms with Crippen molar-refractivity contribution < 1.29 is 19.4 Å². The average molecular weight is 343 g/mol. The standard InChI is InChI=1S/C13H15BrN2O4/c1-7-10(4-5-20-7)15-13(19)16-11-6-8(12(17)18)2-3-9(11)14/h2-3,6-7,10H,4-5H2,1H3,(H,17,18)(H2,15,16,19). The molecule has 2 atom stereocenters. The predicted octanol–water partition coefficient (Wildman–Crippen LogP) is 2.45. The van der Waals surface area contributed by atoms with Gasteiger partial charge in [-0.3, -0.25) is 0 Å². The molecule has 1 aromatic rings. The normalized spacial score (nSPS) is 21.5. The van der Waals surface area contributed by atoms with Gasteiger partial charge in [0.05, 0.1) is 23.4 Å². The number of anilines is 1. The van der Waals surface area contributed by atoms with Gasteiger partial charge in [-0.25, -0.2) is 9.59 Å². The van der Waals surface area contributed by atoms with Gasteiger partial charge in [-0.15, -0.1) is 0 Å². The monoisotopic (exact) mass is 342 g/mol. The quantitative estimate of drug-likeness (QED) is 0.787. The highest BCUT2D eigenvalue weighted by atomic mass is 79.9. The summed E-state index contributed by atoms with van der Waals surface area (Å²) in [5, 5.41) is 14.4. The van der Waals surface area contributed by atoms with Crippen molar-refractivity contribution in [3.05, 3.63) is 28.2 Å². The van der Waals surface area contributed by atoms with Crippen molar-refractivity contribution in [2.45, 2.75) is 25.5 Å². The summed E-state index contributed by atoms with van der Waals surface area (Å²) in [6.07, 6.45) is 0.750. The van der Waals surface area contributed by atoms with Crippen molar-refractivity contribution in [1.82, 2.24) is 5.32 Å². The van der Waals surface area contributed by atoms with E-state index in [1.165, 1.54) is 12.1 Å². The number of carboxylic acids is 1. The van der Waals surface area contributed by atoms with E-state index in [-0.39, 0.29) is 23.7 Å². The molecule has 2 rings (SSSR count). The number of urea groups is 1. The number of aromatic carboxylic acids is 1. The smallest absolute Gasteiger partial charge is 0.335 e. The number of ether oxygens (including phenoxy) is 1. The van der Waals surface area contributed by atoms with Crippen LogP contribution in [-0.4, -0.2) is 35.9 Å². The Labute approximate surface area is 124 Å². The van der Waals surface area contributed by atoms with Crippen LogP contribution in [0.3, 0.4) is 0 Å².